The van der Waals surface area contributed by atoms with Gasteiger partial charge in [0.05, 0.1) is 6.61 Å². The molecule has 32 heavy (non-hydrogen) atoms. The second-order valence-electron chi connectivity index (χ2n) is 9.24. The van der Waals surface area contributed by atoms with Gasteiger partial charge >= 0.3 is 6.03 Å². The van der Waals surface area contributed by atoms with Gasteiger partial charge in [0, 0.05) is 19.1 Å². The van der Waals surface area contributed by atoms with Crippen LogP contribution in [0.3, 0.4) is 0 Å². The fourth-order valence-corrected chi connectivity index (χ4v) is 3.94. The number of piperidine rings is 1. The van der Waals surface area contributed by atoms with Crippen LogP contribution >= 0.6 is 0 Å². The minimum Gasteiger partial charge on any atom is -0.493 e. The summed E-state index contributed by atoms with van der Waals surface area (Å²) >= 11 is 0. The second kappa shape index (κ2) is 11.3. The molecule has 0 bridgehead atoms. The average Bonchev–Trinajstić information content (AvgIpc) is 2.77. The molecule has 1 aliphatic rings. The number of nitrogens with one attached hydrogen (secondary N) is 1. The number of benzene rings is 2. The molecular formula is C26H36FN3O2. The van der Waals surface area contributed by atoms with Gasteiger partial charge in [0.2, 0.25) is 0 Å². The van der Waals surface area contributed by atoms with Gasteiger partial charge in [-0.05, 0) is 86.8 Å². The van der Waals surface area contributed by atoms with Crippen LogP contribution in [0.5, 0.6) is 5.75 Å². The number of likely N-dealkylation sites (tertiary alicyclic amines) is 1. The SMILES string of the molecule is Cc1cc(F)ccc1CN(C(=O)NCc1ccc(OCC(C)C)cc1)C1CCN(C)CC1. The Balaban J connectivity index is 1.65. The van der Waals surface area contributed by atoms with E-state index in [9.17, 15) is 9.18 Å². The Morgan fingerprint density at radius 2 is 1.88 bits per heavy atom. The van der Waals surface area contributed by atoms with Gasteiger partial charge in [0.15, 0.2) is 0 Å². The summed E-state index contributed by atoms with van der Waals surface area (Å²) in [6, 6.07) is 12.7. The molecule has 0 radical (unpaired) electrons. The number of hydrogen-bond acceptors (Lipinski definition) is 3. The van der Waals surface area contributed by atoms with Crippen molar-refractivity contribution in [3.8, 4) is 5.75 Å². The van der Waals surface area contributed by atoms with Gasteiger partial charge in [-0.1, -0.05) is 32.0 Å². The minimum atomic E-state index is -0.248. The largest absolute Gasteiger partial charge is 0.493 e. The minimum absolute atomic E-state index is 0.0802. The fourth-order valence-electron chi connectivity index (χ4n) is 3.94. The van der Waals surface area contributed by atoms with Crippen molar-refractivity contribution in [2.24, 2.45) is 5.92 Å². The van der Waals surface area contributed by atoms with Crippen LogP contribution in [-0.2, 0) is 13.1 Å². The van der Waals surface area contributed by atoms with Crippen LogP contribution in [0.25, 0.3) is 0 Å². The summed E-state index contributed by atoms with van der Waals surface area (Å²) in [6.07, 6.45) is 1.87. The summed E-state index contributed by atoms with van der Waals surface area (Å²) in [4.78, 5) is 17.4. The third-order valence-electron chi connectivity index (χ3n) is 5.99. The molecule has 1 aliphatic heterocycles. The van der Waals surface area contributed by atoms with E-state index < -0.39 is 0 Å². The van der Waals surface area contributed by atoms with Gasteiger partial charge < -0.3 is 19.9 Å². The molecule has 0 atom stereocenters. The van der Waals surface area contributed by atoms with E-state index in [4.69, 9.17) is 4.74 Å². The van der Waals surface area contributed by atoms with Crippen LogP contribution in [-0.4, -0.2) is 48.6 Å². The molecule has 5 nitrogen and oxygen atoms in total. The van der Waals surface area contributed by atoms with Crippen molar-refractivity contribution in [2.75, 3.05) is 26.7 Å². The number of amides is 2. The first-order valence-corrected chi connectivity index (χ1v) is 11.5. The van der Waals surface area contributed by atoms with Crippen LogP contribution in [0.15, 0.2) is 42.5 Å². The summed E-state index contributed by atoms with van der Waals surface area (Å²) in [5, 5.41) is 3.09. The Kier molecular flexibility index (Phi) is 8.51. The first-order chi connectivity index (χ1) is 15.3. The first-order valence-electron chi connectivity index (χ1n) is 11.5. The molecule has 3 rings (SSSR count). The molecule has 2 aromatic carbocycles. The highest BCUT2D eigenvalue weighted by Crippen LogP contribution is 2.21. The average molecular weight is 442 g/mol. The normalized spacial score (nSPS) is 15.1. The van der Waals surface area contributed by atoms with Crippen LogP contribution in [0.1, 0.15) is 43.4 Å². The predicted molar refractivity (Wildman–Crippen MR) is 126 cm³/mol. The number of carbonyl (C=O) groups excluding carboxylic acids is 1. The quantitative estimate of drug-likeness (QED) is 0.629. The molecule has 0 unspecified atom stereocenters. The molecule has 1 heterocycles. The van der Waals surface area contributed by atoms with E-state index >= 15 is 0 Å². The zero-order valence-electron chi connectivity index (χ0n) is 19.7. The maximum atomic E-state index is 13.6. The highest BCUT2D eigenvalue weighted by molar-refractivity contribution is 5.74. The van der Waals surface area contributed by atoms with Gasteiger partial charge in [-0.3, -0.25) is 0 Å². The van der Waals surface area contributed by atoms with Crippen LogP contribution in [0.2, 0.25) is 0 Å². The lowest BCUT2D eigenvalue weighted by Crippen LogP contribution is -2.49. The molecule has 0 saturated carbocycles. The fraction of sp³-hybridized carbons (Fsp3) is 0.500. The number of urea groups is 1. The molecule has 0 aromatic heterocycles. The molecule has 1 saturated heterocycles. The highest BCUT2D eigenvalue weighted by atomic mass is 19.1. The van der Waals surface area contributed by atoms with E-state index in [0.717, 1.165) is 48.4 Å². The molecule has 2 aromatic rings. The van der Waals surface area contributed by atoms with Crippen molar-refractivity contribution in [3.63, 3.8) is 0 Å². The van der Waals surface area contributed by atoms with E-state index in [2.05, 4.69) is 31.1 Å². The first kappa shape index (κ1) is 24.1. The zero-order chi connectivity index (χ0) is 23.1. The molecule has 2 amide bonds. The van der Waals surface area contributed by atoms with Crippen molar-refractivity contribution in [1.82, 2.24) is 15.1 Å². The number of ether oxygens (including phenoxy) is 1. The van der Waals surface area contributed by atoms with Gasteiger partial charge in [-0.25, -0.2) is 9.18 Å². The Morgan fingerprint density at radius 3 is 2.50 bits per heavy atom. The summed E-state index contributed by atoms with van der Waals surface area (Å²) in [7, 11) is 2.11. The number of rotatable bonds is 8. The molecule has 1 N–H and O–H groups in total. The van der Waals surface area contributed by atoms with E-state index in [1.165, 1.54) is 12.1 Å². The molecule has 174 valence electrons. The Morgan fingerprint density at radius 1 is 1.19 bits per heavy atom. The maximum Gasteiger partial charge on any atom is 0.318 e. The van der Waals surface area contributed by atoms with E-state index in [1.807, 2.05) is 36.1 Å². The number of aryl methyl sites for hydroxylation is 1. The number of carbonyl (C=O) groups is 1. The molecule has 1 fully saturated rings. The lowest BCUT2D eigenvalue weighted by atomic mass is 10.0. The molecule has 0 spiro atoms. The Labute approximate surface area is 191 Å². The van der Waals surface area contributed by atoms with Gasteiger partial charge in [0.25, 0.3) is 0 Å². The third-order valence-corrected chi connectivity index (χ3v) is 5.99. The van der Waals surface area contributed by atoms with Crippen molar-refractivity contribution in [3.05, 3.63) is 65.0 Å². The smallest absolute Gasteiger partial charge is 0.318 e. The standard InChI is InChI=1S/C26H36FN3O2/c1-19(2)18-32-25-9-5-21(6-10-25)16-28-26(31)30(24-11-13-29(4)14-12-24)17-22-7-8-23(27)15-20(22)3/h5-10,15,19,24H,11-14,16-18H2,1-4H3,(H,28,31). The van der Waals surface area contributed by atoms with Gasteiger partial charge in [-0.2, -0.15) is 0 Å². The number of hydrogen-bond donors (Lipinski definition) is 1. The summed E-state index contributed by atoms with van der Waals surface area (Å²) in [5.41, 5.74) is 2.87. The van der Waals surface area contributed by atoms with Crippen LogP contribution < -0.4 is 10.1 Å². The van der Waals surface area contributed by atoms with Crippen molar-refractivity contribution >= 4 is 6.03 Å². The molecule has 6 heteroatoms. The van der Waals surface area contributed by atoms with Crippen molar-refractivity contribution < 1.29 is 13.9 Å². The summed E-state index contributed by atoms with van der Waals surface area (Å²) in [6.45, 7) is 9.68. The van der Waals surface area contributed by atoms with Crippen LogP contribution in [0, 0.1) is 18.7 Å². The summed E-state index contributed by atoms with van der Waals surface area (Å²) in [5.74, 6) is 1.07. The molecular weight excluding hydrogens is 405 g/mol. The van der Waals surface area contributed by atoms with Crippen molar-refractivity contribution in [2.45, 2.75) is 52.7 Å². The Bertz CT molecular complexity index is 877. The zero-order valence-corrected chi connectivity index (χ0v) is 19.7. The highest BCUT2D eigenvalue weighted by Gasteiger charge is 2.27. The Hall–Kier alpha value is -2.60. The van der Waals surface area contributed by atoms with Gasteiger partial charge in [0.1, 0.15) is 11.6 Å². The van der Waals surface area contributed by atoms with E-state index in [-0.39, 0.29) is 17.9 Å². The van der Waals surface area contributed by atoms with Crippen LogP contribution in [0.4, 0.5) is 9.18 Å². The van der Waals surface area contributed by atoms with Crippen molar-refractivity contribution in [1.29, 1.82) is 0 Å². The third kappa shape index (κ3) is 6.95. The van der Waals surface area contributed by atoms with Gasteiger partial charge in [-0.15, -0.1) is 0 Å². The molecule has 0 aliphatic carbocycles. The monoisotopic (exact) mass is 441 g/mol. The predicted octanol–water partition coefficient (Wildman–Crippen LogP) is 4.97. The number of nitrogens with zero attached hydrogens (tertiary/aromatic N) is 2. The summed E-state index contributed by atoms with van der Waals surface area (Å²) < 4.78 is 19.3. The lowest BCUT2D eigenvalue weighted by molar-refractivity contribution is 0.127. The topological polar surface area (TPSA) is 44.8 Å². The lowest BCUT2D eigenvalue weighted by Gasteiger charge is -2.37. The maximum absolute atomic E-state index is 13.6. The number of halogens is 1. The second-order valence-corrected chi connectivity index (χ2v) is 9.24. The van der Waals surface area contributed by atoms with E-state index in [0.29, 0.717) is 25.6 Å². The van der Waals surface area contributed by atoms with E-state index in [1.54, 1.807) is 6.07 Å².